The maximum absolute atomic E-state index is 11.9. The molecule has 0 bridgehead atoms. The van der Waals surface area contributed by atoms with E-state index in [-0.39, 0.29) is 10.7 Å². The van der Waals surface area contributed by atoms with E-state index in [4.69, 9.17) is 0 Å². The third kappa shape index (κ3) is 4.81. The van der Waals surface area contributed by atoms with E-state index in [0.29, 0.717) is 12.3 Å². The van der Waals surface area contributed by atoms with E-state index in [2.05, 4.69) is 30.7 Å². The van der Waals surface area contributed by atoms with Gasteiger partial charge < -0.3 is 10.6 Å². The van der Waals surface area contributed by atoms with Gasteiger partial charge in [-0.1, -0.05) is 13.8 Å². The van der Waals surface area contributed by atoms with Crippen molar-refractivity contribution in [1.29, 1.82) is 0 Å². The molecule has 3 nitrogen and oxygen atoms in total. The molecule has 1 aliphatic heterocycles. The summed E-state index contributed by atoms with van der Waals surface area (Å²) in [5.41, 5.74) is 0. The van der Waals surface area contributed by atoms with Gasteiger partial charge in [0.2, 0.25) is 5.91 Å². The van der Waals surface area contributed by atoms with Crippen LogP contribution in [-0.2, 0) is 4.79 Å². The van der Waals surface area contributed by atoms with Crippen LogP contribution >= 0.6 is 11.8 Å². The van der Waals surface area contributed by atoms with Gasteiger partial charge in [0.15, 0.2) is 0 Å². The molecule has 1 fully saturated rings. The van der Waals surface area contributed by atoms with Gasteiger partial charge in [0.05, 0.1) is 0 Å². The minimum absolute atomic E-state index is 0.224. The number of carbonyl (C=O) groups is 1. The topological polar surface area (TPSA) is 41.1 Å². The molecule has 0 radical (unpaired) electrons. The fraction of sp³-hybridized carbons (Fsp3) is 0.929. The molecule has 1 unspecified atom stereocenters. The van der Waals surface area contributed by atoms with E-state index in [1.54, 1.807) is 0 Å². The number of amides is 1. The van der Waals surface area contributed by atoms with Gasteiger partial charge in [-0.05, 0) is 50.9 Å². The summed E-state index contributed by atoms with van der Waals surface area (Å²) in [6, 6.07) is 0. The third-order valence-electron chi connectivity index (χ3n) is 4.27. The Hall–Kier alpha value is -0.220. The van der Waals surface area contributed by atoms with Crippen molar-refractivity contribution in [3.63, 3.8) is 0 Å². The van der Waals surface area contributed by atoms with Crippen LogP contribution in [0.3, 0.4) is 0 Å². The number of hydrogen-bond acceptors (Lipinski definition) is 3. The smallest absolute Gasteiger partial charge is 0.220 e. The summed E-state index contributed by atoms with van der Waals surface area (Å²) < 4.78 is 0.227. The van der Waals surface area contributed by atoms with Crippen LogP contribution in [-0.4, -0.2) is 36.5 Å². The molecule has 1 rings (SSSR count). The Morgan fingerprint density at radius 3 is 2.67 bits per heavy atom. The van der Waals surface area contributed by atoms with E-state index in [0.717, 1.165) is 38.9 Å². The van der Waals surface area contributed by atoms with Crippen LogP contribution in [0.4, 0.5) is 0 Å². The summed E-state index contributed by atoms with van der Waals surface area (Å²) in [5, 5.41) is 6.46. The number of carbonyl (C=O) groups excluding carboxylic acids is 1. The van der Waals surface area contributed by atoms with Crippen LogP contribution in [0, 0.1) is 5.92 Å². The lowest BCUT2D eigenvalue weighted by Crippen LogP contribution is -2.39. The molecule has 1 aliphatic rings. The second-order valence-corrected chi connectivity index (χ2v) is 6.54. The molecule has 0 aromatic heterocycles. The van der Waals surface area contributed by atoms with Gasteiger partial charge in [0.25, 0.3) is 0 Å². The molecule has 106 valence electrons. The minimum Gasteiger partial charge on any atom is -0.355 e. The number of rotatable bonds is 8. The first-order valence-corrected chi connectivity index (χ1v) is 8.41. The molecule has 2 N–H and O–H groups in total. The average molecular weight is 272 g/mol. The van der Waals surface area contributed by atoms with Crippen molar-refractivity contribution >= 4 is 17.7 Å². The fourth-order valence-corrected chi connectivity index (χ4v) is 3.30. The molecule has 1 amide bonds. The van der Waals surface area contributed by atoms with Gasteiger partial charge >= 0.3 is 0 Å². The van der Waals surface area contributed by atoms with Gasteiger partial charge in [0.1, 0.15) is 0 Å². The van der Waals surface area contributed by atoms with Crippen LogP contribution in [0.2, 0.25) is 0 Å². The van der Waals surface area contributed by atoms with Crippen LogP contribution in [0.15, 0.2) is 0 Å². The molecular formula is C14H28N2OS. The van der Waals surface area contributed by atoms with Crippen molar-refractivity contribution in [3.8, 4) is 0 Å². The quantitative estimate of drug-likeness (QED) is 0.713. The highest BCUT2D eigenvalue weighted by Gasteiger charge is 2.25. The Morgan fingerprint density at radius 2 is 2.17 bits per heavy atom. The van der Waals surface area contributed by atoms with Gasteiger partial charge in [0, 0.05) is 17.7 Å². The number of thioether (sulfide) groups is 1. The Kier molecular flexibility index (Phi) is 7.08. The zero-order valence-corrected chi connectivity index (χ0v) is 12.9. The fourth-order valence-electron chi connectivity index (χ4n) is 2.50. The molecular weight excluding hydrogens is 244 g/mol. The lowest BCUT2D eigenvalue weighted by atomic mass is 10.0. The van der Waals surface area contributed by atoms with Crippen LogP contribution in [0.25, 0.3) is 0 Å². The molecule has 0 saturated carbocycles. The zero-order chi connectivity index (χ0) is 13.4. The highest BCUT2D eigenvalue weighted by Crippen LogP contribution is 2.29. The summed E-state index contributed by atoms with van der Waals surface area (Å²) in [7, 11) is 0. The third-order valence-corrected chi connectivity index (χ3v) is 5.86. The monoisotopic (exact) mass is 272 g/mol. The van der Waals surface area contributed by atoms with E-state index < -0.39 is 0 Å². The van der Waals surface area contributed by atoms with Crippen molar-refractivity contribution < 1.29 is 4.79 Å². The molecule has 1 heterocycles. The minimum atomic E-state index is 0.224. The molecule has 1 atom stereocenters. The molecule has 18 heavy (non-hydrogen) atoms. The first-order valence-electron chi connectivity index (χ1n) is 7.18. The van der Waals surface area contributed by atoms with Crippen molar-refractivity contribution in [2.24, 2.45) is 5.92 Å². The van der Waals surface area contributed by atoms with E-state index in [9.17, 15) is 4.79 Å². The lowest BCUT2D eigenvalue weighted by Gasteiger charge is -2.29. The normalized spacial score (nSPS) is 20.1. The Bertz CT molecular complexity index is 240. The van der Waals surface area contributed by atoms with Gasteiger partial charge in [-0.3, -0.25) is 4.79 Å². The standard InChI is InChI=1S/C14H28N2OS/c1-4-14(5-2,18-3)11-16-13(17)7-6-12-8-9-15-10-12/h12,15H,4-11H2,1-3H3,(H,16,17). The zero-order valence-electron chi connectivity index (χ0n) is 12.1. The molecule has 0 spiro atoms. The van der Waals surface area contributed by atoms with Crippen molar-refractivity contribution in [1.82, 2.24) is 10.6 Å². The predicted molar refractivity (Wildman–Crippen MR) is 80.0 cm³/mol. The maximum atomic E-state index is 11.9. The summed E-state index contributed by atoms with van der Waals surface area (Å²) in [6.07, 6.45) is 7.30. The molecule has 0 aromatic rings. The first kappa shape index (κ1) is 15.8. The van der Waals surface area contributed by atoms with Crippen LogP contribution in [0.5, 0.6) is 0 Å². The van der Waals surface area contributed by atoms with E-state index >= 15 is 0 Å². The summed E-state index contributed by atoms with van der Waals surface area (Å²) in [6.45, 7) is 7.43. The predicted octanol–water partition coefficient (Wildman–Crippen LogP) is 2.41. The summed E-state index contributed by atoms with van der Waals surface area (Å²) in [5.74, 6) is 0.931. The Morgan fingerprint density at radius 1 is 1.44 bits per heavy atom. The first-order chi connectivity index (χ1) is 8.65. The second kappa shape index (κ2) is 8.05. The van der Waals surface area contributed by atoms with Crippen molar-refractivity contribution in [2.45, 2.75) is 50.7 Å². The highest BCUT2D eigenvalue weighted by molar-refractivity contribution is 8.00. The summed E-state index contributed by atoms with van der Waals surface area (Å²) in [4.78, 5) is 11.9. The molecule has 4 heteroatoms. The highest BCUT2D eigenvalue weighted by atomic mass is 32.2. The number of nitrogens with one attached hydrogen (secondary N) is 2. The molecule has 0 aromatic carbocycles. The second-order valence-electron chi connectivity index (χ2n) is 5.27. The Labute approximate surface area is 116 Å². The van der Waals surface area contributed by atoms with E-state index in [1.807, 2.05) is 11.8 Å². The summed E-state index contributed by atoms with van der Waals surface area (Å²) >= 11 is 1.88. The molecule has 1 saturated heterocycles. The van der Waals surface area contributed by atoms with Gasteiger partial charge in [-0.2, -0.15) is 11.8 Å². The van der Waals surface area contributed by atoms with Crippen LogP contribution in [0.1, 0.15) is 46.0 Å². The largest absolute Gasteiger partial charge is 0.355 e. The van der Waals surface area contributed by atoms with E-state index in [1.165, 1.54) is 6.42 Å². The van der Waals surface area contributed by atoms with Crippen molar-refractivity contribution in [2.75, 3.05) is 25.9 Å². The van der Waals surface area contributed by atoms with Crippen molar-refractivity contribution in [3.05, 3.63) is 0 Å². The van der Waals surface area contributed by atoms with Gasteiger partial charge in [-0.15, -0.1) is 0 Å². The lowest BCUT2D eigenvalue weighted by molar-refractivity contribution is -0.121. The van der Waals surface area contributed by atoms with Gasteiger partial charge in [-0.25, -0.2) is 0 Å². The SMILES string of the molecule is CCC(CC)(CNC(=O)CCC1CCNC1)SC. The molecule has 0 aliphatic carbocycles. The average Bonchev–Trinajstić information content (AvgIpc) is 2.92. The van der Waals surface area contributed by atoms with Crippen LogP contribution < -0.4 is 10.6 Å². The number of hydrogen-bond donors (Lipinski definition) is 2. The maximum Gasteiger partial charge on any atom is 0.220 e. The Balaban J connectivity index is 2.22.